The maximum absolute atomic E-state index is 13.3. The molecule has 3 rings (SSSR count). The van der Waals surface area contributed by atoms with Gasteiger partial charge in [-0.25, -0.2) is 4.98 Å². The number of rotatable bonds is 7. The molecule has 0 aliphatic carbocycles. The number of carbonyl (C=O) groups excluding carboxylic acids is 1. The fraction of sp³-hybridized carbons (Fsp3) is 0.0500. The number of benzene rings is 1. The van der Waals surface area contributed by atoms with Crippen molar-refractivity contribution in [2.24, 2.45) is 0 Å². The molecule has 1 amide bonds. The monoisotopic (exact) mass is 398 g/mol. The van der Waals surface area contributed by atoms with E-state index >= 15 is 0 Å². The molecule has 1 aromatic carbocycles. The lowest BCUT2D eigenvalue weighted by Gasteiger charge is -2.07. The smallest absolute Gasteiger partial charge is 0.307 e. The number of amides is 1. The lowest BCUT2D eigenvalue weighted by molar-refractivity contribution is -0.135. The third-order valence-corrected chi connectivity index (χ3v) is 4.47. The molecule has 0 fully saturated rings. The van der Waals surface area contributed by atoms with E-state index < -0.39 is 17.8 Å². The van der Waals surface area contributed by atoms with Crippen LogP contribution in [0.15, 0.2) is 70.1 Å². The first-order chi connectivity index (χ1) is 13.4. The van der Waals surface area contributed by atoms with E-state index in [0.717, 1.165) is 23.2 Å². The van der Waals surface area contributed by atoms with E-state index in [9.17, 15) is 14.0 Å². The van der Waals surface area contributed by atoms with Gasteiger partial charge in [-0.3, -0.25) is 9.59 Å². The van der Waals surface area contributed by atoms with E-state index in [4.69, 9.17) is 9.52 Å². The van der Waals surface area contributed by atoms with Crippen LogP contribution in [-0.2, 0) is 4.79 Å². The molecule has 2 N–H and O–H groups in total. The van der Waals surface area contributed by atoms with Crippen LogP contribution in [0.3, 0.4) is 0 Å². The lowest BCUT2D eigenvalue weighted by Crippen LogP contribution is -2.19. The summed E-state index contributed by atoms with van der Waals surface area (Å²) in [5, 5.41) is 14.2. The van der Waals surface area contributed by atoms with Crippen LogP contribution in [0.25, 0.3) is 16.5 Å². The predicted octanol–water partition coefficient (Wildman–Crippen LogP) is 4.42. The molecular weight excluding hydrogens is 383 g/mol. The van der Waals surface area contributed by atoms with Gasteiger partial charge in [0.1, 0.15) is 5.58 Å². The standard InChI is InChI=1S/C20H15FN2O4S/c1-12(23-20(26)17-8-14-4-2-3-5-16(14)27-17)28-11-15(10-19(24)25)13-6-7-22-18(21)9-13/h2-9,11H,1,10H2,(H,23,26)(H,24,25). The molecule has 2 heterocycles. The Hall–Kier alpha value is -3.39. The molecule has 3 aromatic rings. The van der Waals surface area contributed by atoms with Gasteiger partial charge < -0.3 is 14.8 Å². The molecule has 0 aliphatic heterocycles. The largest absolute Gasteiger partial charge is 0.481 e. The number of halogens is 1. The van der Waals surface area contributed by atoms with Crippen LogP contribution < -0.4 is 5.32 Å². The highest BCUT2D eigenvalue weighted by molar-refractivity contribution is 8.05. The minimum Gasteiger partial charge on any atom is -0.481 e. The topological polar surface area (TPSA) is 92.4 Å². The SMILES string of the molecule is C=C(NC(=O)c1cc2ccccc2o1)SC=C(CC(=O)O)c1ccnc(F)c1. The number of pyridine rings is 1. The highest BCUT2D eigenvalue weighted by Gasteiger charge is 2.14. The number of thioether (sulfide) groups is 1. The molecule has 0 bridgehead atoms. The number of hydrogen-bond donors (Lipinski definition) is 2. The molecule has 0 unspecified atom stereocenters. The molecule has 0 saturated carbocycles. The summed E-state index contributed by atoms with van der Waals surface area (Å²) in [6.45, 7) is 3.75. The van der Waals surface area contributed by atoms with Crippen LogP contribution in [-0.4, -0.2) is 22.0 Å². The Morgan fingerprint density at radius 1 is 1.29 bits per heavy atom. The number of carboxylic acid groups (broad SMARTS) is 1. The summed E-state index contributed by atoms with van der Waals surface area (Å²) in [6, 6.07) is 11.5. The number of carboxylic acids is 1. The zero-order valence-corrected chi connectivity index (χ0v) is 15.3. The minimum absolute atomic E-state index is 0.133. The minimum atomic E-state index is -1.07. The second-order valence-electron chi connectivity index (χ2n) is 5.72. The van der Waals surface area contributed by atoms with E-state index in [0.29, 0.717) is 16.7 Å². The Morgan fingerprint density at radius 3 is 2.79 bits per heavy atom. The van der Waals surface area contributed by atoms with Gasteiger partial charge in [0.2, 0.25) is 5.95 Å². The van der Waals surface area contributed by atoms with E-state index in [1.54, 1.807) is 18.2 Å². The van der Waals surface area contributed by atoms with Crippen LogP contribution in [0.2, 0.25) is 0 Å². The first-order valence-corrected chi connectivity index (χ1v) is 8.98. The Kier molecular flexibility index (Phi) is 5.90. The van der Waals surface area contributed by atoms with Crippen molar-refractivity contribution >= 4 is 40.2 Å². The first-order valence-electron chi connectivity index (χ1n) is 8.10. The molecule has 0 aliphatic rings. The maximum Gasteiger partial charge on any atom is 0.307 e. The fourth-order valence-corrected chi connectivity index (χ4v) is 3.09. The van der Waals surface area contributed by atoms with E-state index in [2.05, 4.69) is 16.9 Å². The second-order valence-corrected chi connectivity index (χ2v) is 6.69. The quantitative estimate of drug-likeness (QED) is 0.573. The zero-order chi connectivity index (χ0) is 20.1. The van der Waals surface area contributed by atoms with Crippen molar-refractivity contribution in [3.63, 3.8) is 0 Å². The third-order valence-electron chi connectivity index (χ3n) is 3.68. The molecule has 0 atom stereocenters. The summed E-state index contributed by atoms with van der Waals surface area (Å²) < 4.78 is 18.8. The summed E-state index contributed by atoms with van der Waals surface area (Å²) in [5.74, 6) is -2.12. The van der Waals surface area contributed by atoms with Crippen molar-refractivity contribution < 1.29 is 23.5 Å². The number of para-hydroxylation sites is 1. The molecule has 28 heavy (non-hydrogen) atoms. The normalized spacial score (nSPS) is 11.4. The van der Waals surface area contributed by atoms with Crippen LogP contribution in [0.1, 0.15) is 22.5 Å². The lowest BCUT2D eigenvalue weighted by atomic mass is 10.1. The van der Waals surface area contributed by atoms with Crippen LogP contribution in [0.4, 0.5) is 4.39 Å². The molecule has 142 valence electrons. The van der Waals surface area contributed by atoms with Gasteiger partial charge in [0.25, 0.3) is 5.91 Å². The first kappa shape index (κ1) is 19.4. The summed E-state index contributed by atoms with van der Waals surface area (Å²) in [6.07, 6.45) is 0.935. The van der Waals surface area contributed by atoms with Crippen molar-refractivity contribution in [3.05, 3.63) is 82.9 Å². The van der Waals surface area contributed by atoms with Gasteiger partial charge in [0, 0.05) is 17.6 Å². The van der Waals surface area contributed by atoms with Crippen LogP contribution >= 0.6 is 11.8 Å². The molecule has 8 heteroatoms. The Labute approximate surface area is 163 Å². The third kappa shape index (κ3) is 4.86. The summed E-state index contributed by atoms with van der Waals surface area (Å²) in [4.78, 5) is 26.9. The zero-order valence-electron chi connectivity index (χ0n) is 14.5. The van der Waals surface area contributed by atoms with Gasteiger partial charge in [0.15, 0.2) is 5.76 Å². The van der Waals surface area contributed by atoms with E-state index in [1.807, 2.05) is 12.1 Å². The van der Waals surface area contributed by atoms with Gasteiger partial charge in [-0.2, -0.15) is 4.39 Å². The number of fused-ring (bicyclic) bond motifs is 1. The van der Waals surface area contributed by atoms with Gasteiger partial charge >= 0.3 is 5.97 Å². The average Bonchev–Trinajstić information content (AvgIpc) is 3.09. The number of hydrogen-bond acceptors (Lipinski definition) is 5. The number of carbonyl (C=O) groups is 2. The van der Waals surface area contributed by atoms with E-state index in [-0.39, 0.29) is 17.2 Å². The van der Waals surface area contributed by atoms with Crippen molar-refractivity contribution in [1.29, 1.82) is 0 Å². The Balaban J connectivity index is 1.70. The average molecular weight is 398 g/mol. The van der Waals surface area contributed by atoms with Gasteiger partial charge in [-0.1, -0.05) is 36.5 Å². The molecular formula is C20H15FN2O4S. The number of aromatic nitrogens is 1. The molecule has 0 spiro atoms. The van der Waals surface area contributed by atoms with Crippen molar-refractivity contribution in [2.45, 2.75) is 6.42 Å². The Morgan fingerprint density at radius 2 is 2.07 bits per heavy atom. The maximum atomic E-state index is 13.3. The highest BCUT2D eigenvalue weighted by atomic mass is 32.2. The van der Waals surface area contributed by atoms with Gasteiger partial charge in [0.05, 0.1) is 11.4 Å². The number of nitrogens with zero attached hydrogens (tertiary/aromatic N) is 1. The van der Waals surface area contributed by atoms with Crippen molar-refractivity contribution in [1.82, 2.24) is 10.3 Å². The molecule has 6 nitrogen and oxygen atoms in total. The number of nitrogens with one attached hydrogen (secondary N) is 1. The molecule has 2 aromatic heterocycles. The number of aliphatic carboxylic acids is 1. The van der Waals surface area contributed by atoms with Crippen LogP contribution in [0.5, 0.6) is 0 Å². The van der Waals surface area contributed by atoms with Crippen molar-refractivity contribution in [3.8, 4) is 0 Å². The summed E-state index contributed by atoms with van der Waals surface area (Å²) >= 11 is 1.02. The Bertz CT molecular complexity index is 1060. The second kappa shape index (κ2) is 8.53. The number of furan rings is 1. The van der Waals surface area contributed by atoms with Crippen molar-refractivity contribution in [2.75, 3.05) is 0 Å². The van der Waals surface area contributed by atoms with Gasteiger partial charge in [-0.15, -0.1) is 0 Å². The summed E-state index contributed by atoms with van der Waals surface area (Å²) in [5.41, 5.74) is 1.34. The predicted molar refractivity (Wildman–Crippen MR) is 105 cm³/mol. The highest BCUT2D eigenvalue weighted by Crippen LogP contribution is 2.25. The fourth-order valence-electron chi connectivity index (χ4n) is 2.43. The van der Waals surface area contributed by atoms with Gasteiger partial charge in [-0.05, 0) is 34.7 Å². The van der Waals surface area contributed by atoms with Crippen LogP contribution in [0, 0.1) is 5.95 Å². The molecule has 0 radical (unpaired) electrons. The molecule has 0 saturated heterocycles. The van der Waals surface area contributed by atoms with E-state index in [1.165, 1.54) is 17.7 Å². The summed E-state index contributed by atoms with van der Waals surface area (Å²) in [7, 11) is 0.